The van der Waals surface area contributed by atoms with Gasteiger partial charge < -0.3 is 5.32 Å². The highest BCUT2D eigenvalue weighted by Gasteiger charge is 2.09. The molecular formula is C17H17N3O3. The van der Waals surface area contributed by atoms with E-state index in [1.807, 2.05) is 6.92 Å². The number of benzene rings is 2. The van der Waals surface area contributed by atoms with Gasteiger partial charge in [-0.2, -0.15) is 0 Å². The minimum Gasteiger partial charge on any atom is -0.343 e. The molecular weight excluding hydrogens is 294 g/mol. The van der Waals surface area contributed by atoms with Crippen LogP contribution in [0, 0.1) is 6.92 Å². The Labute approximate surface area is 133 Å². The van der Waals surface area contributed by atoms with Gasteiger partial charge in [0.15, 0.2) is 0 Å². The number of hydrazine groups is 1. The summed E-state index contributed by atoms with van der Waals surface area (Å²) in [4.78, 5) is 35.2. The highest BCUT2D eigenvalue weighted by molar-refractivity contribution is 5.98. The van der Waals surface area contributed by atoms with E-state index in [4.69, 9.17) is 0 Å². The molecule has 0 radical (unpaired) electrons. The van der Waals surface area contributed by atoms with E-state index in [0.29, 0.717) is 11.1 Å². The quantitative estimate of drug-likeness (QED) is 0.741. The van der Waals surface area contributed by atoms with Crippen molar-refractivity contribution in [3.8, 4) is 0 Å². The van der Waals surface area contributed by atoms with Crippen LogP contribution in [0.25, 0.3) is 0 Å². The van der Waals surface area contributed by atoms with E-state index in [-0.39, 0.29) is 12.5 Å². The van der Waals surface area contributed by atoms with Crippen molar-refractivity contribution >= 4 is 17.7 Å². The summed E-state index contributed by atoms with van der Waals surface area (Å²) >= 11 is 0. The number of hydrogen-bond acceptors (Lipinski definition) is 3. The van der Waals surface area contributed by atoms with Crippen molar-refractivity contribution < 1.29 is 14.4 Å². The molecule has 0 spiro atoms. The van der Waals surface area contributed by atoms with Gasteiger partial charge in [0, 0.05) is 11.1 Å². The van der Waals surface area contributed by atoms with E-state index >= 15 is 0 Å². The zero-order valence-corrected chi connectivity index (χ0v) is 12.6. The monoisotopic (exact) mass is 311 g/mol. The molecule has 0 aromatic heterocycles. The maximum absolute atomic E-state index is 11.8. The topological polar surface area (TPSA) is 87.3 Å². The Morgan fingerprint density at radius 3 is 2.04 bits per heavy atom. The Hall–Kier alpha value is -3.15. The Morgan fingerprint density at radius 2 is 1.39 bits per heavy atom. The Kier molecular flexibility index (Phi) is 5.46. The van der Waals surface area contributed by atoms with Crippen LogP contribution in [0.4, 0.5) is 0 Å². The Balaban J connectivity index is 1.76. The second-order valence-corrected chi connectivity index (χ2v) is 4.92. The summed E-state index contributed by atoms with van der Waals surface area (Å²) in [6.07, 6.45) is 0. The molecule has 2 aromatic carbocycles. The van der Waals surface area contributed by atoms with Gasteiger partial charge in [-0.3, -0.25) is 25.2 Å². The molecule has 0 fully saturated rings. The molecule has 2 rings (SSSR count). The van der Waals surface area contributed by atoms with Crippen LogP contribution in [0.3, 0.4) is 0 Å². The number of carbonyl (C=O) groups is 3. The third-order valence-electron chi connectivity index (χ3n) is 3.07. The molecule has 3 amide bonds. The van der Waals surface area contributed by atoms with Crippen LogP contribution in [0.15, 0.2) is 54.6 Å². The molecule has 6 nitrogen and oxygen atoms in total. The largest absolute Gasteiger partial charge is 0.343 e. The second kappa shape index (κ2) is 7.74. The van der Waals surface area contributed by atoms with Gasteiger partial charge in [-0.1, -0.05) is 35.9 Å². The molecule has 0 aliphatic heterocycles. The first-order valence-corrected chi connectivity index (χ1v) is 7.05. The minimum absolute atomic E-state index is 0.234. The fourth-order valence-electron chi connectivity index (χ4n) is 1.80. The Morgan fingerprint density at radius 1 is 0.783 bits per heavy atom. The van der Waals surface area contributed by atoms with Crippen LogP contribution in [0.2, 0.25) is 0 Å². The average Bonchev–Trinajstić information content (AvgIpc) is 2.59. The average molecular weight is 311 g/mol. The van der Waals surface area contributed by atoms with Crippen LogP contribution >= 0.6 is 0 Å². The van der Waals surface area contributed by atoms with Crippen LogP contribution < -0.4 is 16.2 Å². The lowest BCUT2D eigenvalue weighted by atomic mass is 10.1. The minimum atomic E-state index is -0.519. The lowest BCUT2D eigenvalue weighted by Gasteiger charge is -2.08. The van der Waals surface area contributed by atoms with Gasteiger partial charge in [0.1, 0.15) is 0 Å². The van der Waals surface area contributed by atoms with E-state index in [9.17, 15) is 14.4 Å². The Bertz CT molecular complexity index is 697. The molecule has 6 heteroatoms. The molecule has 0 saturated carbocycles. The van der Waals surface area contributed by atoms with Gasteiger partial charge >= 0.3 is 0 Å². The molecule has 0 aliphatic carbocycles. The smallest absolute Gasteiger partial charge is 0.269 e. The number of nitrogens with one attached hydrogen (secondary N) is 3. The van der Waals surface area contributed by atoms with E-state index in [0.717, 1.165) is 5.56 Å². The first kappa shape index (κ1) is 16.2. The van der Waals surface area contributed by atoms with Crippen molar-refractivity contribution in [2.24, 2.45) is 0 Å². The molecule has 0 atom stereocenters. The number of carbonyl (C=O) groups excluding carboxylic acids is 3. The van der Waals surface area contributed by atoms with Crippen LogP contribution in [-0.4, -0.2) is 24.3 Å². The summed E-state index contributed by atoms with van der Waals surface area (Å²) in [5.74, 6) is -1.30. The van der Waals surface area contributed by atoms with Gasteiger partial charge in [-0.25, -0.2) is 0 Å². The van der Waals surface area contributed by atoms with E-state index in [2.05, 4.69) is 16.2 Å². The lowest BCUT2D eigenvalue weighted by Crippen LogP contribution is -2.46. The van der Waals surface area contributed by atoms with Crippen molar-refractivity contribution in [2.75, 3.05) is 6.54 Å². The third-order valence-corrected chi connectivity index (χ3v) is 3.07. The van der Waals surface area contributed by atoms with Gasteiger partial charge in [0.2, 0.25) is 0 Å². The molecule has 2 aromatic rings. The first-order chi connectivity index (χ1) is 11.1. The SMILES string of the molecule is Cc1ccc(C(=O)NNC(=O)CNC(=O)c2ccccc2)cc1. The van der Waals surface area contributed by atoms with Gasteiger partial charge in [-0.05, 0) is 31.2 Å². The van der Waals surface area contributed by atoms with Gasteiger partial charge in [0.25, 0.3) is 17.7 Å². The van der Waals surface area contributed by atoms with Crippen molar-refractivity contribution in [3.63, 3.8) is 0 Å². The van der Waals surface area contributed by atoms with Crippen molar-refractivity contribution in [3.05, 3.63) is 71.3 Å². The van der Waals surface area contributed by atoms with Crippen LogP contribution in [0.5, 0.6) is 0 Å². The molecule has 23 heavy (non-hydrogen) atoms. The predicted octanol–water partition coefficient (Wildman–Crippen LogP) is 1.19. The van der Waals surface area contributed by atoms with Crippen molar-refractivity contribution in [1.29, 1.82) is 0 Å². The lowest BCUT2D eigenvalue weighted by molar-refractivity contribution is -0.120. The van der Waals surface area contributed by atoms with Gasteiger partial charge in [-0.15, -0.1) is 0 Å². The number of rotatable bonds is 4. The fraction of sp³-hybridized carbons (Fsp3) is 0.118. The zero-order chi connectivity index (χ0) is 16.7. The number of amides is 3. The van der Waals surface area contributed by atoms with E-state index < -0.39 is 11.8 Å². The standard InChI is InChI=1S/C17H17N3O3/c1-12-7-9-14(10-8-12)17(23)20-19-15(21)11-18-16(22)13-5-3-2-4-6-13/h2-10H,11H2,1H3,(H,18,22)(H,19,21)(H,20,23). The van der Waals surface area contributed by atoms with Crippen molar-refractivity contribution in [2.45, 2.75) is 6.92 Å². The van der Waals surface area contributed by atoms with Gasteiger partial charge in [0.05, 0.1) is 6.54 Å². The number of hydrogen-bond donors (Lipinski definition) is 3. The van der Waals surface area contributed by atoms with Crippen LogP contribution in [-0.2, 0) is 4.79 Å². The number of aryl methyl sites for hydroxylation is 1. The maximum atomic E-state index is 11.8. The summed E-state index contributed by atoms with van der Waals surface area (Å²) in [5, 5.41) is 2.47. The molecule has 3 N–H and O–H groups in total. The van der Waals surface area contributed by atoms with Crippen molar-refractivity contribution in [1.82, 2.24) is 16.2 Å². The van der Waals surface area contributed by atoms with Crippen LogP contribution in [0.1, 0.15) is 26.3 Å². The molecule has 0 unspecified atom stereocenters. The summed E-state index contributed by atoms with van der Waals surface area (Å²) in [5.41, 5.74) is 6.47. The first-order valence-electron chi connectivity index (χ1n) is 7.05. The molecule has 0 saturated heterocycles. The summed E-state index contributed by atoms with van der Waals surface area (Å²) < 4.78 is 0. The highest BCUT2D eigenvalue weighted by Crippen LogP contribution is 2.02. The van der Waals surface area contributed by atoms with E-state index in [1.54, 1.807) is 54.6 Å². The molecule has 0 bridgehead atoms. The second-order valence-electron chi connectivity index (χ2n) is 4.92. The predicted molar refractivity (Wildman–Crippen MR) is 85.6 cm³/mol. The maximum Gasteiger partial charge on any atom is 0.269 e. The third kappa shape index (κ3) is 4.96. The van der Waals surface area contributed by atoms with E-state index in [1.165, 1.54) is 0 Å². The molecule has 118 valence electrons. The molecule has 0 heterocycles. The zero-order valence-electron chi connectivity index (χ0n) is 12.6. The normalized spacial score (nSPS) is 9.78. The summed E-state index contributed by atoms with van der Waals surface area (Å²) in [6, 6.07) is 15.5. The highest BCUT2D eigenvalue weighted by atomic mass is 16.2. The summed E-state index contributed by atoms with van der Waals surface area (Å²) in [6.45, 7) is 1.68. The molecule has 0 aliphatic rings. The summed E-state index contributed by atoms with van der Waals surface area (Å²) in [7, 11) is 0. The fourth-order valence-corrected chi connectivity index (χ4v) is 1.80.